The summed E-state index contributed by atoms with van der Waals surface area (Å²) in [6, 6.07) is 3.85. The van der Waals surface area contributed by atoms with Gasteiger partial charge < -0.3 is 29.7 Å². The lowest BCUT2D eigenvalue weighted by Gasteiger charge is -2.35. The fraction of sp³-hybridized carbons (Fsp3) is 0.588. The molecule has 3 aliphatic carbocycles. The normalized spacial score (nSPS) is 25.0. The molecule has 1 aliphatic heterocycles. The molecule has 0 spiro atoms. The van der Waals surface area contributed by atoms with Gasteiger partial charge in [0.15, 0.2) is 0 Å². The first-order valence-electron chi connectivity index (χ1n) is 17.3. The zero-order chi connectivity index (χ0) is 38.5. The number of carbonyl (C=O) groups excluding carboxylic acids is 5. The Labute approximate surface area is 306 Å². The molecule has 6 rings (SSSR count). The summed E-state index contributed by atoms with van der Waals surface area (Å²) in [7, 11) is -1.20. The second kappa shape index (κ2) is 13.7. The van der Waals surface area contributed by atoms with Gasteiger partial charge in [-0.05, 0) is 54.2 Å². The van der Waals surface area contributed by atoms with Gasteiger partial charge in [0.25, 0.3) is 5.91 Å². The summed E-state index contributed by atoms with van der Waals surface area (Å²) in [6.07, 6.45) is 1.95. The second-order valence-electron chi connectivity index (χ2n) is 15.1. The third kappa shape index (κ3) is 7.56. The number of alkyl carbamates (subject to hydrolysis) is 1. The van der Waals surface area contributed by atoms with Crippen LogP contribution in [0.15, 0.2) is 36.9 Å². The van der Waals surface area contributed by atoms with Crippen LogP contribution in [0.5, 0.6) is 5.75 Å². The summed E-state index contributed by atoms with van der Waals surface area (Å²) in [5.41, 5.74) is -3.31. The maximum Gasteiger partial charge on any atom is 0.408 e. The van der Waals surface area contributed by atoms with Crippen LogP contribution in [0.1, 0.15) is 65.3 Å². The van der Waals surface area contributed by atoms with Gasteiger partial charge in [-0.25, -0.2) is 18.0 Å². The molecule has 5 atom stereocenters. The smallest absolute Gasteiger partial charge is 0.408 e. The van der Waals surface area contributed by atoms with Crippen LogP contribution in [0.2, 0.25) is 0 Å². The molecule has 4 amide bonds. The molecule has 0 radical (unpaired) electrons. The van der Waals surface area contributed by atoms with Gasteiger partial charge in [-0.3, -0.25) is 19.1 Å². The summed E-state index contributed by atoms with van der Waals surface area (Å²) >= 11 is 0. The molecular weight excluding hydrogens is 712 g/mol. The maximum atomic E-state index is 14.5. The van der Waals surface area contributed by atoms with Gasteiger partial charge in [0.05, 0.1) is 25.5 Å². The summed E-state index contributed by atoms with van der Waals surface area (Å²) in [5.74, 6) is -2.61. The van der Waals surface area contributed by atoms with Crippen LogP contribution >= 0.6 is 0 Å². The molecule has 0 unspecified atom stereocenters. The highest BCUT2D eigenvalue weighted by Crippen LogP contribution is 2.46. The number of nitrogens with zero attached hydrogens (tertiary/aromatic N) is 5. The topological polar surface area (TPSA) is 230 Å². The number of ether oxygens (including phenoxy) is 3. The third-order valence-corrected chi connectivity index (χ3v) is 12.0. The van der Waals surface area contributed by atoms with Gasteiger partial charge in [-0.1, -0.05) is 26.8 Å². The van der Waals surface area contributed by atoms with E-state index < -0.39 is 85.7 Å². The van der Waals surface area contributed by atoms with E-state index in [1.165, 1.54) is 22.9 Å². The molecule has 3 saturated carbocycles. The minimum atomic E-state index is -3.93. The van der Waals surface area contributed by atoms with E-state index in [0.717, 1.165) is 0 Å². The molecule has 19 heteroatoms. The van der Waals surface area contributed by atoms with E-state index in [4.69, 9.17) is 14.2 Å². The number of benzene rings is 1. The highest BCUT2D eigenvalue weighted by Gasteiger charge is 2.62. The van der Waals surface area contributed by atoms with Crippen molar-refractivity contribution >= 4 is 39.8 Å². The van der Waals surface area contributed by atoms with Crippen molar-refractivity contribution in [1.82, 2.24) is 40.5 Å². The number of carbonyl (C=O) groups is 5. The van der Waals surface area contributed by atoms with Crippen LogP contribution in [0.3, 0.4) is 0 Å². The van der Waals surface area contributed by atoms with Gasteiger partial charge in [-0.2, -0.15) is 4.80 Å². The van der Waals surface area contributed by atoms with Gasteiger partial charge in [-0.15, -0.1) is 16.8 Å². The molecule has 3 N–H and O–H groups in total. The van der Waals surface area contributed by atoms with Crippen molar-refractivity contribution in [2.75, 3.05) is 20.8 Å². The Morgan fingerprint density at radius 1 is 1.08 bits per heavy atom. The minimum absolute atomic E-state index is 0.0143. The van der Waals surface area contributed by atoms with Gasteiger partial charge in [0.2, 0.25) is 33.3 Å². The number of nitrogens with one attached hydrogen (secondary N) is 3. The zero-order valence-electron chi connectivity index (χ0n) is 30.2. The highest BCUT2D eigenvalue weighted by atomic mass is 32.2. The summed E-state index contributed by atoms with van der Waals surface area (Å²) in [5, 5.41) is 17.6. The molecule has 1 aromatic heterocycles. The van der Waals surface area contributed by atoms with E-state index in [1.54, 1.807) is 52.1 Å². The Bertz CT molecular complexity index is 1920. The minimum Gasteiger partial charge on any atom is -0.497 e. The number of hydrogen-bond donors (Lipinski definition) is 3. The Morgan fingerprint density at radius 3 is 2.30 bits per heavy atom. The Morgan fingerprint density at radius 2 is 1.75 bits per heavy atom. The van der Waals surface area contributed by atoms with Gasteiger partial charge >= 0.3 is 12.1 Å². The van der Waals surface area contributed by atoms with E-state index >= 15 is 0 Å². The second-order valence-corrected chi connectivity index (χ2v) is 17.0. The summed E-state index contributed by atoms with van der Waals surface area (Å²) in [4.78, 5) is 70.2. The van der Waals surface area contributed by atoms with E-state index in [9.17, 15) is 32.4 Å². The predicted molar refractivity (Wildman–Crippen MR) is 185 cm³/mol. The van der Waals surface area contributed by atoms with Crippen LogP contribution in [-0.4, -0.2) is 113 Å². The first-order valence-corrected chi connectivity index (χ1v) is 18.8. The molecule has 1 saturated heterocycles. The van der Waals surface area contributed by atoms with Crippen molar-refractivity contribution in [2.24, 2.45) is 11.3 Å². The predicted octanol–water partition coefficient (Wildman–Crippen LogP) is 1.01. The number of rotatable bonds is 13. The Hall–Kier alpha value is -5.07. The molecule has 53 heavy (non-hydrogen) atoms. The van der Waals surface area contributed by atoms with Crippen LogP contribution in [0, 0.1) is 11.3 Å². The quantitative estimate of drug-likeness (QED) is 0.192. The van der Waals surface area contributed by atoms with Crippen molar-refractivity contribution in [1.29, 1.82) is 0 Å². The zero-order valence-corrected chi connectivity index (χ0v) is 31.0. The van der Waals surface area contributed by atoms with Crippen molar-refractivity contribution in [3.05, 3.63) is 36.9 Å². The van der Waals surface area contributed by atoms with Gasteiger partial charge in [0.1, 0.15) is 23.4 Å². The number of aromatic nitrogens is 4. The monoisotopic (exact) mass is 756 g/mol. The third-order valence-electron chi connectivity index (χ3n) is 10.1. The van der Waals surface area contributed by atoms with Gasteiger partial charge in [0, 0.05) is 37.3 Å². The Balaban J connectivity index is 1.27. The number of amides is 4. The molecule has 0 bridgehead atoms. The van der Waals surface area contributed by atoms with Crippen molar-refractivity contribution in [3.8, 4) is 17.1 Å². The molecule has 286 valence electrons. The van der Waals surface area contributed by atoms with E-state index in [1.807, 2.05) is 0 Å². The molecule has 18 nitrogen and oxygen atoms in total. The average Bonchev–Trinajstić information content (AvgIpc) is 4.08. The molecule has 2 heterocycles. The molecular formula is C34H44N8O10S. The molecule has 2 aromatic rings. The van der Waals surface area contributed by atoms with E-state index in [2.05, 4.69) is 37.3 Å². The summed E-state index contributed by atoms with van der Waals surface area (Å²) in [6.45, 7) is 8.79. The number of esters is 1. The molecule has 1 aromatic carbocycles. The number of methoxy groups -OCH3 is 2. The highest BCUT2D eigenvalue weighted by molar-refractivity contribution is 7.91. The van der Waals surface area contributed by atoms with Crippen molar-refractivity contribution in [2.45, 2.75) is 93.8 Å². The van der Waals surface area contributed by atoms with Crippen LogP contribution in [-0.2, 0) is 38.7 Å². The fourth-order valence-corrected chi connectivity index (χ4v) is 7.88. The maximum absolute atomic E-state index is 14.5. The van der Waals surface area contributed by atoms with Crippen LogP contribution < -0.4 is 20.1 Å². The van der Waals surface area contributed by atoms with Crippen molar-refractivity contribution in [3.63, 3.8) is 0 Å². The largest absolute Gasteiger partial charge is 0.497 e. The average molecular weight is 757 g/mol. The fourth-order valence-electron chi connectivity index (χ4n) is 6.51. The van der Waals surface area contributed by atoms with E-state index in [-0.39, 0.29) is 38.1 Å². The lowest BCUT2D eigenvalue weighted by atomic mass is 9.85. The van der Waals surface area contributed by atoms with Crippen molar-refractivity contribution < 1.29 is 46.6 Å². The number of hydrogen-bond acceptors (Lipinski definition) is 13. The summed E-state index contributed by atoms with van der Waals surface area (Å²) < 4.78 is 42.9. The van der Waals surface area contributed by atoms with Crippen LogP contribution in [0.4, 0.5) is 4.79 Å². The standard InChI is InChI=1S/C34H44N8O10S/c1-7-20-17-34(20,29(45)39-53(48,49)23-12-13-23)36-27(43)24-16-21(42-38-26(37-40-42)19-8-10-22(50-5)11-9-19)18-41(24)28(44)25(32(2,3)4)35-31(47)52-33(14-15-33)30(46)51-6/h7-11,20-21,23-25H,1,12-18H2,2-6H3,(H,35,47)(H,36,43)(H,39,45)/t20-,21-,24+,25-,34-/m1/s1. The number of sulfonamides is 1. The lowest BCUT2D eigenvalue weighted by molar-refractivity contribution is -0.153. The SMILES string of the molecule is C=C[C@@H]1C[C@]1(NC(=O)[C@@H]1C[C@@H](n2nnc(-c3ccc(OC)cc3)n2)CN1C(=O)[C@@H](NC(=O)OC1(C(=O)OC)CC1)C(C)(C)C)C(=O)NS(=O)(=O)C1CC1. The Kier molecular flexibility index (Phi) is 9.76. The van der Waals surface area contributed by atoms with Crippen LogP contribution in [0.25, 0.3) is 11.4 Å². The molecule has 4 fully saturated rings. The first kappa shape index (κ1) is 37.7. The number of likely N-dealkylation sites (tertiary alicyclic amines) is 1. The lowest BCUT2D eigenvalue weighted by Crippen LogP contribution is -2.60. The number of tetrazole rings is 1. The first-order chi connectivity index (χ1) is 25.0. The molecule has 4 aliphatic rings. The van der Waals surface area contributed by atoms with E-state index in [0.29, 0.717) is 24.2 Å².